The van der Waals surface area contributed by atoms with Gasteiger partial charge in [0.25, 0.3) is 0 Å². The van der Waals surface area contributed by atoms with Crippen molar-refractivity contribution >= 4 is 17.0 Å². The summed E-state index contributed by atoms with van der Waals surface area (Å²) >= 11 is 0. The second kappa shape index (κ2) is 6.43. The summed E-state index contributed by atoms with van der Waals surface area (Å²) in [7, 11) is 0. The second-order valence-electron chi connectivity index (χ2n) is 8.06. The Balaban J connectivity index is 1.86. The molecule has 0 bridgehead atoms. The van der Waals surface area contributed by atoms with Crippen LogP contribution in [-0.2, 0) is 5.41 Å². The summed E-state index contributed by atoms with van der Waals surface area (Å²) in [5.74, 6) is 0.549. The first-order chi connectivity index (χ1) is 12.9. The highest BCUT2D eigenvalue weighted by Crippen LogP contribution is 2.37. The average molecular weight is 363 g/mol. The maximum atomic E-state index is 12.6. The van der Waals surface area contributed by atoms with E-state index in [0.29, 0.717) is 12.3 Å². The van der Waals surface area contributed by atoms with E-state index >= 15 is 0 Å². The van der Waals surface area contributed by atoms with Crippen LogP contribution in [0.2, 0.25) is 0 Å². The van der Waals surface area contributed by atoms with Gasteiger partial charge in [0.1, 0.15) is 0 Å². The molecule has 3 aromatic rings. The van der Waals surface area contributed by atoms with Crippen LogP contribution in [0.4, 0.5) is 4.79 Å². The lowest BCUT2D eigenvalue weighted by atomic mass is 9.85. The SMILES string of the molecule is CC(C)(C)c1cccc(OC(=O)N2CCC2N)c1-n1ccc2ccccc21. The summed E-state index contributed by atoms with van der Waals surface area (Å²) in [5, 5.41) is 1.14. The van der Waals surface area contributed by atoms with Crippen LogP contribution in [0.1, 0.15) is 32.8 Å². The molecule has 2 N–H and O–H groups in total. The van der Waals surface area contributed by atoms with Gasteiger partial charge in [-0.2, -0.15) is 0 Å². The minimum atomic E-state index is -0.391. The Hall–Kier alpha value is -2.79. The number of ether oxygens (including phenoxy) is 1. The van der Waals surface area contributed by atoms with Crippen LogP contribution in [0.25, 0.3) is 16.6 Å². The lowest BCUT2D eigenvalue weighted by Crippen LogP contribution is -2.56. The first-order valence-electron chi connectivity index (χ1n) is 9.30. The predicted molar refractivity (Wildman–Crippen MR) is 107 cm³/mol. The maximum absolute atomic E-state index is 12.6. The third-order valence-electron chi connectivity index (χ3n) is 5.15. The summed E-state index contributed by atoms with van der Waals surface area (Å²) in [6, 6.07) is 16.2. The van der Waals surface area contributed by atoms with Gasteiger partial charge in [0, 0.05) is 12.7 Å². The molecule has 1 atom stereocenters. The zero-order valence-electron chi connectivity index (χ0n) is 16.0. The van der Waals surface area contributed by atoms with Gasteiger partial charge in [-0.15, -0.1) is 0 Å². The zero-order valence-corrected chi connectivity index (χ0v) is 16.0. The summed E-state index contributed by atoms with van der Waals surface area (Å²) < 4.78 is 7.92. The third kappa shape index (κ3) is 3.08. The molecule has 1 aliphatic heterocycles. The van der Waals surface area contributed by atoms with Gasteiger partial charge in [-0.1, -0.05) is 51.1 Å². The van der Waals surface area contributed by atoms with Crippen molar-refractivity contribution in [1.82, 2.24) is 9.47 Å². The number of aromatic nitrogens is 1. The van der Waals surface area contributed by atoms with E-state index in [1.165, 1.54) is 0 Å². The number of benzene rings is 2. The number of amides is 1. The van der Waals surface area contributed by atoms with Gasteiger partial charge in [0.05, 0.1) is 17.4 Å². The number of nitrogens with two attached hydrogens (primary N) is 1. The second-order valence-corrected chi connectivity index (χ2v) is 8.06. The molecule has 1 unspecified atom stereocenters. The van der Waals surface area contributed by atoms with Crippen molar-refractivity contribution < 1.29 is 9.53 Å². The van der Waals surface area contributed by atoms with Gasteiger partial charge in [-0.3, -0.25) is 4.90 Å². The molecular weight excluding hydrogens is 338 g/mol. The number of hydrogen-bond acceptors (Lipinski definition) is 3. The summed E-state index contributed by atoms with van der Waals surface area (Å²) in [6.45, 7) is 7.12. The van der Waals surface area contributed by atoms with E-state index in [-0.39, 0.29) is 11.6 Å². The monoisotopic (exact) mass is 363 g/mol. The summed E-state index contributed by atoms with van der Waals surface area (Å²) in [4.78, 5) is 14.1. The quantitative estimate of drug-likeness (QED) is 0.733. The molecule has 2 heterocycles. The minimum Gasteiger partial charge on any atom is -0.408 e. The molecular formula is C22H25N3O2. The fraction of sp³-hybridized carbons (Fsp3) is 0.318. The Morgan fingerprint density at radius 3 is 2.56 bits per heavy atom. The number of carbonyl (C=O) groups is 1. The molecule has 1 amide bonds. The largest absolute Gasteiger partial charge is 0.416 e. The van der Waals surface area contributed by atoms with E-state index in [0.717, 1.165) is 28.6 Å². The Morgan fingerprint density at radius 2 is 1.89 bits per heavy atom. The molecule has 5 heteroatoms. The minimum absolute atomic E-state index is 0.115. The highest BCUT2D eigenvalue weighted by molar-refractivity contribution is 5.83. The fourth-order valence-electron chi connectivity index (χ4n) is 3.52. The number of nitrogens with zero attached hydrogens (tertiary/aromatic N) is 2. The van der Waals surface area contributed by atoms with E-state index in [1.807, 2.05) is 30.5 Å². The molecule has 0 aliphatic carbocycles. The van der Waals surface area contributed by atoms with Gasteiger partial charge in [-0.05, 0) is 41.0 Å². The van der Waals surface area contributed by atoms with Crippen molar-refractivity contribution in [3.63, 3.8) is 0 Å². The Kier molecular flexibility index (Phi) is 4.19. The zero-order chi connectivity index (χ0) is 19.2. The normalized spacial score (nSPS) is 17.0. The first kappa shape index (κ1) is 17.6. The number of rotatable bonds is 2. The number of likely N-dealkylation sites (tertiary alicyclic amines) is 1. The highest BCUT2D eigenvalue weighted by atomic mass is 16.6. The summed E-state index contributed by atoms with van der Waals surface area (Å²) in [5.41, 5.74) is 8.87. The molecule has 0 saturated carbocycles. The summed E-state index contributed by atoms with van der Waals surface area (Å²) in [6.07, 6.45) is 2.20. The molecule has 4 rings (SSSR count). The first-order valence-corrected chi connectivity index (χ1v) is 9.30. The van der Waals surface area contributed by atoms with Crippen molar-refractivity contribution in [1.29, 1.82) is 0 Å². The predicted octanol–water partition coefficient (Wildman–Crippen LogP) is 4.42. The molecule has 140 valence electrons. The lowest BCUT2D eigenvalue weighted by molar-refractivity contribution is 0.0841. The number of hydrogen-bond donors (Lipinski definition) is 1. The van der Waals surface area contributed by atoms with Gasteiger partial charge in [-0.25, -0.2) is 4.79 Å². The van der Waals surface area contributed by atoms with Crippen LogP contribution in [0.3, 0.4) is 0 Å². The Bertz CT molecular complexity index is 1000. The molecule has 1 saturated heterocycles. The fourth-order valence-corrected chi connectivity index (χ4v) is 3.52. The van der Waals surface area contributed by atoms with Crippen molar-refractivity contribution in [2.75, 3.05) is 6.54 Å². The molecule has 5 nitrogen and oxygen atoms in total. The van der Waals surface area contributed by atoms with Crippen molar-refractivity contribution in [2.45, 2.75) is 38.8 Å². The number of fused-ring (bicyclic) bond motifs is 1. The molecule has 0 spiro atoms. The van der Waals surface area contributed by atoms with Gasteiger partial charge in [0.15, 0.2) is 5.75 Å². The smallest absolute Gasteiger partial charge is 0.408 e. The molecule has 2 aromatic carbocycles. The van der Waals surface area contributed by atoms with Crippen LogP contribution in [0.15, 0.2) is 54.7 Å². The van der Waals surface area contributed by atoms with Crippen LogP contribution < -0.4 is 10.5 Å². The topological polar surface area (TPSA) is 60.5 Å². The van der Waals surface area contributed by atoms with Crippen molar-refractivity contribution in [3.8, 4) is 11.4 Å². The number of para-hydroxylation sites is 2. The standard InChI is InChI=1S/C22H25N3O2/c1-22(2,3)16-8-6-10-18(27-21(26)25-14-12-19(25)23)20(16)24-13-11-15-7-4-5-9-17(15)24/h4-11,13,19H,12,14,23H2,1-3H3. The maximum Gasteiger partial charge on any atom is 0.416 e. The molecule has 0 radical (unpaired) electrons. The van der Waals surface area contributed by atoms with Crippen molar-refractivity contribution in [3.05, 3.63) is 60.3 Å². The van der Waals surface area contributed by atoms with Crippen LogP contribution in [0.5, 0.6) is 5.75 Å². The van der Waals surface area contributed by atoms with E-state index in [2.05, 4.69) is 49.6 Å². The van der Waals surface area contributed by atoms with Crippen LogP contribution in [0, 0.1) is 0 Å². The van der Waals surface area contributed by atoms with Crippen molar-refractivity contribution in [2.24, 2.45) is 5.73 Å². The molecule has 1 aliphatic rings. The highest BCUT2D eigenvalue weighted by Gasteiger charge is 2.32. The lowest BCUT2D eigenvalue weighted by Gasteiger charge is -2.37. The van der Waals surface area contributed by atoms with Crippen LogP contribution >= 0.6 is 0 Å². The van der Waals surface area contributed by atoms with Gasteiger partial charge < -0.3 is 15.0 Å². The van der Waals surface area contributed by atoms with Crippen LogP contribution in [-0.4, -0.2) is 28.3 Å². The van der Waals surface area contributed by atoms with E-state index < -0.39 is 6.09 Å². The average Bonchev–Trinajstić information content (AvgIpc) is 3.03. The molecule has 1 aromatic heterocycles. The van der Waals surface area contributed by atoms with E-state index in [1.54, 1.807) is 4.90 Å². The molecule has 27 heavy (non-hydrogen) atoms. The Labute approximate surface area is 159 Å². The number of carbonyl (C=O) groups excluding carboxylic acids is 1. The van der Waals surface area contributed by atoms with E-state index in [9.17, 15) is 4.79 Å². The third-order valence-corrected chi connectivity index (χ3v) is 5.15. The Morgan fingerprint density at radius 1 is 1.11 bits per heavy atom. The van der Waals surface area contributed by atoms with Gasteiger partial charge in [0.2, 0.25) is 0 Å². The van der Waals surface area contributed by atoms with E-state index in [4.69, 9.17) is 10.5 Å². The van der Waals surface area contributed by atoms with Gasteiger partial charge >= 0.3 is 6.09 Å². The molecule has 1 fully saturated rings.